The molecule has 0 bridgehead atoms. The van der Waals surface area contributed by atoms with Gasteiger partial charge in [-0.3, -0.25) is 25.0 Å². The van der Waals surface area contributed by atoms with E-state index in [4.69, 9.17) is 4.98 Å². The Morgan fingerprint density at radius 3 is 2.61 bits per heavy atom. The zero-order valence-corrected chi connectivity index (χ0v) is 24.8. The van der Waals surface area contributed by atoms with Gasteiger partial charge in [0.2, 0.25) is 10.0 Å². The summed E-state index contributed by atoms with van der Waals surface area (Å²) in [6.07, 6.45) is 11.9. The molecule has 1 saturated heterocycles. The highest BCUT2D eigenvalue weighted by molar-refractivity contribution is 7.88. The number of piperidine rings is 1. The van der Waals surface area contributed by atoms with E-state index in [2.05, 4.69) is 45.8 Å². The van der Waals surface area contributed by atoms with E-state index in [-0.39, 0.29) is 6.54 Å². The van der Waals surface area contributed by atoms with E-state index in [1.807, 2.05) is 18.5 Å². The van der Waals surface area contributed by atoms with Gasteiger partial charge in [0, 0.05) is 48.2 Å². The number of sulfonamides is 1. The average molecular weight is 612 g/mol. The second-order valence-electron chi connectivity index (χ2n) is 11.2. The molecule has 0 amide bonds. The molecular formula is C31H30FN9O2S. The molecule has 0 unspecified atom stereocenters. The van der Waals surface area contributed by atoms with Crippen molar-refractivity contribution in [1.29, 1.82) is 0 Å². The number of benzene rings is 1. The lowest BCUT2D eigenvalue weighted by Gasteiger charge is -2.26. The van der Waals surface area contributed by atoms with Crippen molar-refractivity contribution in [1.82, 2.24) is 44.7 Å². The first-order valence-electron chi connectivity index (χ1n) is 14.4. The summed E-state index contributed by atoms with van der Waals surface area (Å²) in [6.45, 7) is 3.05. The van der Waals surface area contributed by atoms with E-state index in [9.17, 15) is 12.8 Å². The summed E-state index contributed by atoms with van der Waals surface area (Å²) in [5, 5.41) is 8.43. The van der Waals surface area contributed by atoms with Crippen LogP contribution in [0.15, 0.2) is 61.2 Å². The van der Waals surface area contributed by atoms with Gasteiger partial charge in [-0.2, -0.15) is 5.10 Å². The first kappa shape index (κ1) is 28.2. The number of nitrogens with one attached hydrogen (secondary N) is 3. The molecule has 6 heterocycles. The van der Waals surface area contributed by atoms with Crippen molar-refractivity contribution in [2.75, 3.05) is 19.3 Å². The molecule has 0 atom stereocenters. The Morgan fingerprint density at radius 1 is 0.932 bits per heavy atom. The number of pyridine rings is 3. The quantitative estimate of drug-likeness (QED) is 0.223. The van der Waals surface area contributed by atoms with Gasteiger partial charge in [-0.05, 0) is 73.5 Å². The monoisotopic (exact) mass is 611 g/mol. The van der Waals surface area contributed by atoms with Crippen molar-refractivity contribution in [3.05, 3.63) is 78.1 Å². The second kappa shape index (κ2) is 11.5. The normalized spacial score (nSPS) is 14.5. The fourth-order valence-corrected chi connectivity index (χ4v) is 6.14. The molecule has 0 aliphatic carbocycles. The van der Waals surface area contributed by atoms with Gasteiger partial charge in [-0.15, -0.1) is 0 Å². The summed E-state index contributed by atoms with van der Waals surface area (Å²) >= 11 is 0. The number of H-pyrrole nitrogens is 2. The molecule has 6 aromatic rings. The molecule has 7 rings (SSSR count). The van der Waals surface area contributed by atoms with Gasteiger partial charge in [-0.1, -0.05) is 6.42 Å². The van der Waals surface area contributed by atoms with Crippen LogP contribution in [0.1, 0.15) is 30.4 Å². The Bertz CT molecular complexity index is 2100. The zero-order valence-electron chi connectivity index (χ0n) is 24.0. The summed E-state index contributed by atoms with van der Waals surface area (Å²) in [5.74, 6) is 0.0140. The number of aromatic amines is 2. The molecule has 3 N–H and O–H groups in total. The van der Waals surface area contributed by atoms with Crippen LogP contribution in [0.3, 0.4) is 0 Å². The Hall–Kier alpha value is -4.59. The van der Waals surface area contributed by atoms with Gasteiger partial charge >= 0.3 is 0 Å². The molecule has 44 heavy (non-hydrogen) atoms. The topological polar surface area (TPSA) is 145 Å². The van der Waals surface area contributed by atoms with Crippen molar-refractivity contribution < 1.29 is 12.8 Å². The van der Waals surface area contributed by atoms with Crippen molar-refractivity contribution in [2.45, 2.75) is 32.4 Å². The van der Waals surface area contributed by atoms with Gasteiger partial charge in [-0.25, -0.2) is 22.5 Å². The molecule has 0 saturated carbocycles. The Balaban J connectivity index is 1.23. The van der Waals surface area contributed by atoms with Crippen molar-refractivity contribution >= 4 is 32.0 Å². The van der Waals surface area contributed by atoms with Crippen LogP contribution < -0.4 is 4.72 Å². The van der Waals surface area contributed by atoms with Gasteiger partial charge in [0.15, 0.2) is 5.82 Å². The van der Waals surface area contributed by atoms with Gasteiger partial charge in [0.1, 0.15) is 17.0 Å². The number of rotatable bonds is 8. The largest absolute Gasteiger partial charge is 0.336 e. The second-order valence-corrected chi connectivity index (χ2v) is 13.0. The first-order valence-corrected chi connectivity index (χ1v) is 16.3. The van der Waals surface area contributed by atoms with Gasteiger partial charge in [0.25, 0.3) is 0 Å². The highest BCUT2D eigenvalue weighted by Gasteiger charge is 2.18. The summed E-state index contributed by atoms with van der Waals surface area (Å²) < 4.78 is 40.1. The van der Waals surface area contributed by atoms with Crippen LogP contribution in [0.25, 0.3) is 56.0 Å². The minimum atomic E-state index is -3.44. The Labute approximate surface area is 253 Å². The minimum absolute atomic E-state index is 0.0440. The average Bonchev–Trinajstić information content (AvgIpc) is 3.64. The molecule has 1 aliphatic rings. The minimum Gasteiger partial charge on any atom is -0.336 e. The van der Waals surface area contributed by atoms with Crippen LogP contribution in [0.4, 0.5) is 4.39 Å². The molecule has 11 nitrogen and oxygen atoms in total. The predicted octanol–water partition coefficient (Wildman–Crippen LogP) is 4.80. The van der Waals surface area contributed by atoms with E-state index in [1.54, 1.807) is 24.5 Å². The number of hydrogen-bond acceptors (Lipinski definition) is 8. The Morgan fingerprint density at radius 2 is 1.77 bits per heavy atom. The molecule has 1 fully saturated rings. The SMILES string of the molecule is CS(=O)(=O)NCc1cc(F)cc(-c2nccc3[nH]c(-c4n[nH]c5cnc(-c6cncc(CN7CCCCC7)c6)cc45)nc23)c1. The first-order chi connectivity index (χ1) is 21.3. The van der Waals surface area contributed by atoms with E-state index in [1.165, 1.54) is 31.4 Å². The lowest BCUT2D eigenvalue weighted by molar-refractivity contribution is 0.220. The fourth-order valence-electron chi connectivity index (χ4n) is 5.71. The fraction of sp³-hybridized carbons (Fsp3) is 0.258. The third kappa shape index (κ3) is 5.94. The van der Waals surface area contributed by atoms with Gasteiger partial charge < -0.3 is 4.98 Å². The van der Waals surface area contributed by atoms with Crippen LogP contribution in [0.2, 0.25) is 0 Å². The van der Waals surface area contributed by atoms with E-state index < -0.39 is 15.8 Å². The lowest BCUT2D eigenvalue weighted by Crippen LogP contribution is -2.29. The molecular weight excluding hydrogens is 581 g/mol. The zero-order chi connectivity index (χ0) is 30.3. The molecule has 1 aliphatic heterocycles. The highest BCUT2D eigenvalue weighted by Crippen LogP contribution is 2.32. The number of imidazole rings is 1. The molecule has 0 spiro atoms. The molecule has 224 valence electrons. The van der Waals surface area contributed by atoms with E-state index in [0.29, 0.717) is 39.4 Å². The third-order valence-corrected chi connectivity index (χ3v) is 8.46. The predicted molar refractivity (Wildman–Crippen MR) is 166 cm³/mol. The van der Waals surface area contributed by atoms with Crippen molar-refractivity contribution in [3.63, 3.8) is 0 Å². The lowest BCUT2D eigenvalue weighted by atomic mass is 10.1. The van der Waals surface area contributed by atoms with Crippen molar-refractivity contribution in [2.24, 2.45) is 0 Å². The number of aromatic nitrogens is 7. The number of likely N-dealkylation sites (tertiary alicyclic amines) is 1. The smallest absolute Gasteiger partial charge is 0.209 e. The molecule has 13 heteroatoms. The van der Waals surface area contributed by atoms with Crippen molar-refractivity contribution in [3.8, 4) is 34.0 Å². The summed E-state index contributed by atoms with van der Waals surface area (Å²) in [7, 11) is -3.44. The van der Waals surface area contributed by atoms with E-state index >= 15 is 0 Å². The summed E-state index contributed by atoms with van der Waals surface area (Å²) in [5.41, 5.74) is 6.88. The molecule has 1 aromatic carbocycles. The molecule has 5 aromatic heterocycles. The molecule has 0 radical (unpaired) electrons. The Kier molecular flexibility index (Phi) is 7.36. The number of nitrogens with zero attached hydrogens (tertiary/aromatic N) is 6. The number of halogens is 1. The third-order valence-electron chi connectivity index (χ3n) is 7.79. The van der Waals surface area contributed by atoms with Gasteiger partial charge in [0.05, 0.1) is 34.9 Å². The van der Waals surface area contributed by atoms with E-state index in [0.717, 1.165) is 53.6 Å². The number of fused-ring (bicyclic) bond motifs is 2. The summed E-state index contributed by atoms with van der Waals surface area (Å²) in [4.78, 5) is 24.3. The van der Waals surface area contributed by atoms with Crippen LogP contribution in [0.5, 0.6) is 0 Å². The maximum atomic E-state index is 14.6. The van der Waals surface area contributed by atoms with Crippen LogP contribution >= 0.6 is 0 Å². The standard InChI is InChI=1S/C31H30FN9O2S/c1-44(42,43)36-15-19-9-21(12-23(32)11-19)28-30-25(5-6-34-28)37-31(38-30)29-24-13-26(35-17-27(24)39-40-29)22-10-20(14-33-16-22)18-41-7-3-2-4-8-41/h5-6,9-14,16-17,36H,2-4,7-8,15,18H2,1H3,(H,37,38)(H,39,40). The van der Waals surface area contributed by atoms with Crippen LogP contribution in [-0.2, 0) is 23.1 Å². The summed E-state index contributed by atoms with van der Waals surface area (Å²) in [6, 6.07) is 10.3. The number of hydrogen-bond donors (Lipinski definition) is 3. The maximum Gasteiger partial charge on any atom is 0.209 e. The maximum absolute atomic E-state index is 14.6. The highest BCUT2D eigenvalue weighted by atomic mass is 32.2. The van der Waals surface area contributed by atoms with Crippen LogP contribution in [0, 0.1) is 5.82 Å². The van der Waals surface area contributed by atoms with Crippen LogP contribution in [-0.4, -0.2) is 67.8 Å².